The van der Waals surface area contributed by atoms with Crippen molar-refractivity contribution in [1.29, 1.82) is 0 Å². The van der Waals surface area contributed by atoms with Crippen LogP contribution >= 0.6 is 11.3 Å². The first-order valence-electron chi connectivity index (χ1n) is 6.55. The van der Waals surface area contributed by atoms with E-state index in [1.54, 1.807) is 6.92 Å². The van der Waals surface area contributed by atoms with E-state index in [0.717, 1.165) is 16.5 Å². The maximum absolute atomic E-state index is 12.7. The smallest absolute Gasteiger partial charge is 0.329 e. The minimum Gasteiger partial charge on any atom is -0.480 e. The maximum Gasteiger partial charge on any atom is 0.329 e. The molecule has 4 nitrogen and oxygen atoms in total. The van der Waals surface area contributed by atoms with Crippen molar-refractivity contribution in [2.24, 2.45) is 0 Å². The summed E-state index contributed by atoms with van der Waals surface area (Å²) in [6.45, 7) is 2.14. The van der Waals surface area contributed by atoms with Crippen LogP contribution in [0.25, 0.3) is 10.1 Å². The maximum atomic E-state index is 12.7. The average Bonchev–Trinajstić information content (AvgIpc) is 3.02. The van der Waals surface area contributed by atoms with Gasteiger partial charge in [-0.3, -0.25) is 4.79 Å². The Hall–Kier alpha value is -1.88. The van der Waals surface area contributed by atoms with E-state index in [9.17, 15) is 14.7 Å². The molecule has 1 aromatic heterocycles. The Balaban J connectivity index is 2.02. The number of benzene rings is 1. The van der Waals surface area contributed by atoms with Crippen molar-refractivity contribution in [3.05, 3.63) is 35.2 Å². The molecule has 2 heterocycles. The van der Waals surface area contributed by atoms with Crippen LogP contribution in [0.5, 0.6) is 0 Å². The van der Waals surface area contributed by atoms with E-state index in [4.69, 9.17) is 0 Å². The third kappa shape index (κ3) is 1.81. The fraction of sp³-hybridized carbons (Fsp3) is 0.333. The highest BCUT2D eigenvalue weighted by Gasteiger charge is 2.46. The van der Waals surface area contributed by atoms with Crippen molar-refractivity contribution in [1.82, 2.24) is 4.90 Å². The normalized spacial score (nSPS) is 22.4. The Morgan fingerprint density at radius 2 is 2.10 bits per heavy atom. The number of carboxylic acid groups (broad SMARTS) is 1. The molecule has 0 spiro atoms. The summed E-state index contributed by atoms with van der Waals surface area (Å²) in [4.78, 5) is 25.7. The third-order valence-corrected chi connectivity index (χ3v) is 5.02. The molecule has 1 amide bonds. The van der Waals surface area contributed by atoms with Crippen LogP contribution in [0, 0.1) is 0 Å². The largest absolute Gasteiger partial charge is 0.480 e. The first-order valence-corrected chi connectivity index (χ1v) is 7.43. The van der Waals surface area contributed by atoms with Gasteiger partial charge in [0.15, 0.2) is 0 Å². The summed E-state index contributed by atoms with van der Waals surface area (Å²) >= 11 is 1.51. The highest BCUT2D eigenvalue weighted by atomic mass is 32.1. The Labute approximate surface area is 120 Å². The van der Waals surface area contributed by atoms with Crippen LogP contribution in [0.2, 0.25) is 0 Å². The number of fused-ring (bicyclic) bond motifs is 1. The molecule has 0 aliphatic carbocycles. The van der Waals surface area contributed by atoms with Gasteiger partial charge in [0.05, 0.1) is 5.56 Å². The van der Waals surface area contributed by atoms with Crippen LogP contribution in [0.4, 0.5) is 0 Å². The Bertz CT molecular complexity index is 693. The van der Waals surface area contributed by atoms with Crippen LogP contribution < -0.4 is 0 Å². The first kappa shape index (κ1) is 13.1. The van der Waals surface area contributed by atoms with Gasteiger partial charge >= 0.3 is 5.97 Å². The monoisotopic (exact) mass is 289 g/mol. The van der Waals surface area contributed by atoms with Crippen LogP contribution in [0.15, 0.2) is 29.6 Å². The molecule has 0 bridgehead atoms. The summed E-state index contributed by atoms with van der Waals surface area (Å²) < 4.78 is 1.05. The molecule has 1 unspecified atom stereocenters. The summed E-state index contributed by atoms with van der Waals surface area (Å²) in [5.74, 6) is -1.10. The number of aliphatic carboxylic acids is 1. The summed E-state index contributed by atoms with van der Waals surface area (Å²) in [5.41, 5.74) is -0.472. The van der Waals surface area contributed by atoms with Crippen LogP contribution in [0.1, 0.15) is 30.1 Å². The van der Waals surface area contributed by atoms with Gasteiger partial charge in [0.1, 0.15) is 5.54 Å². The van der Waals surface area contributed by atoms with Gasteiger partial charge in [0.2, 0.25) is 0 Å². The fourth-order valence-corrected chi connectivity index (χ4v) is 3.73. The van der Waals surface area contributed by atoms with Crippen LogP contribution in [0.3, 0.4) is 0 Å². The van der Waals surface area contributed by atoms with Crippen molar-refractivity contribution in [2.75, 3.05) is 6.54 Å². The predicted octanol–water partition coefficient (Wildman–Crippen LogP) is 2.98. The summed E-state index contributed by atoms with van der Waals surface area (Å²) in [6.07, 6.45) is 1.24. The lowest BCUT2D eigenvalue weighted by molar-refractivity contribution is -0.147. The third-order valence-electron chi connectivity index (χ3n) is 4.06. The number of thiophene rings is 1. The zero-order valence-corrected chi connectivity index (χ0v) is 11.9. The molecular weight excluding hydrogens is 274 g/mol. The predicted molar refractivity (Wildman–Crippen MR) is 78.1 cm³/mol. The van der Waals surface area contributed by atoms with Crippen molar-refractivity contribution in [2.45, 2.75) is 25.3 Å². The molecule has 20 heavy (non-hydrogen) atoms. The number of carbonyl (C=O) groups is 2. The van der Waals surface area contributed by atoms with Crippen molar-refractivity contribution < 1.29 is 14.7 Å². The van der Waals surface area contributed by atoms with Crippen molar-refractivity contribution in [3.8, 4) is 0 Å². The van der Waals surface area contributed by atoms with Crippen molar-refractivity contribution in [3.63, 3.8) is 0 Å². The standard InChI is InChI=1S/C15H15NO3S/c1-15(14(18)19)7-4-8-16(15)13(17)11-9-20-12-6-3-2-5-10(11)12/h2-3,5-6,9H,4,7-8H2,1H3,(H,18,19). The number of carboxylic acids is 1. The molecule has 1 saturated heterocycles. The first-order chi connectivity index (χ1) is 9.54. The van der Waals surface area contributed by atoms with E-state index < -0.39 is 11.5 Å². The highest BCUT2D eigenvalue weighted by Crippen LogP contribution is 2.34. The van der Waals surface area contributed by atoms with Gasteiger partial charge in [0.25, 0.3) is 5.91 Å². The molecule has 1 aliphatic rings. The summed E-state index contributed by atoms with van der Waals surface area (Å²) in [7, 11) is 0. The van der Waals surface area contributed by atoms with Gasteiger partial charge in [-0.15, -0.1) is 11.3 Å². The second-order valence-corrected chi connectivity index (χ2v) is 6.20. The summed E-state index contributed by atoms with van der Waals surface area (Å²) in [6, 6.07) is 7.71. The molecule has 1 fully saturated rings. The van der Waals surface area contributed by atoms with Gasteiger partial charge in [-0.1, -0.05) is 18.2 Å². The number of hydrogen-bond acceptors (Lipinski definition) is 3. The fourth-order valence-electron chi connectivity index (χ4n) is 2.80. The zero-order chi connectivity index (χ0) is 14.3. The summed E-state index contributed by atoms with van der Waals surface area (Å²) in [5, 5.41) is 12.1. The van der Waals surface area contributed by atoms with E-state index in [-0.39, 0.29) is 5.91 Å². The quantitative estimate of drug-likeness (QED) is 0.924. The van der Waals surface area contributed by atoms with Gasteiger partial charge in [-0.25, -0.2) is 4.79 Å². The molecule has 1 atom stereocenters. The van der Waals surface area contributed by atoms with Crippen molar-refractivity contribution >= 4 is 33.3 Å². The molecule has 1 N–H and O–H groups in total. The lowest BCUT2D eigenvalue weighted by Gasteiger charge is -2.31. The van der Waals surface area contributed by atoms with Gasteiger partial charge in [-0.05, 0) is 25.8 Å². The average molecular weight is 289 g/mol. The van der Waals surface area contributed by atoms with E-state index >= 15 is 0 Å². The van der Waals surface area contributed by atoms with Gasteiger partial charge in [-0.2, -0.15) is 0 Å². The van der Waals surface area contributed by atoms with Gasteiger partial charge < -0.3 is 10.0 Å². The molecule has 2 aromatic rings. The highest BCUT2D eigenvalue weighted by molar-refractivity contribution is 7.17. The Kier molecular flexibility index (Phi) is 3.01. The number of rotatable bonds is 2. The number of hydrogen-bond donors (Lipinski definition) is 1. The molecule has 104 valence electrons. The van der Waals surface area contributed by atoms with Gasteiger partial charge in [0, 0.05) is 22.0 Å². The van der Waals surface area contributed by atoms with E-state index in [1.807, 2.05) is 29.6 Å². The number of amides is 1. The topological polar surface area (TPSA) is 57.6 Å². The second-order valence-electron chi connectivity index (χ2n) is 5.28. The minimum absolute atomic E-state index is 0.176. The molecule has 1 aromatic carbocycles. The Morgan fingerprint density at radius 1 is 1.35 bits per heavy atom. The molecule has 0 saturated carbocycles. The van der Waals surface area contributed by atoms with Crippen LogP contribution in [-0.2, 0) is 4.79 Å². The second kappa shape index (κ2) is 4.59. The number of carbonyl (C=O) groups excluding carboxylic acids is 1. The SMILES string of the molecule is CC1(C(=O)O)CCCN1C(=O)c1csc2ccccc12. The molecule has 5 heteroatoms. The number of nitrogens with zero attached hydrogens (tertiary/aromatic N) is 1. The van der Waals surface area contributed by atoms with E-state index in [2.05, 4.69) is 0 Å². The van der Waals surface area contributed by atoms with Crippen LogP contribution in [-0.4, -0.2) is 34.0 Å². The Morgan fingerprint density at radius 3 is 2.85 bits per heavy atom. The molecular formula is C15H15NO3S. The van der Waals surface area contributed by atoms with E-state index in [1.165, 1.54) is 16.2 Å². The zero-order valence-electron chi connectivity index (χ0n) is 11.1. The lowest BCUT2D eigenvalue weighted by atomic mass is 9.98. The molecule has 0 radical (unpaired) electrons. The molecule has 3 rings (SSSR count). The lowest BCUT2D eigenvalue weighted by Crippen LogP contribution is -2.50. The number of likely N-dealkylation sites (tertiary alicyclic amines) is 1. The minimum atomic E-state index is -1.08. The van der Waals surface area contributed by atoms with E-state index in [0.29, 0.717) is 18.5 Å². The molecule has 1 aliphatic heterocycles.